The van der Waals surface area contributed by atoms with Gasteiger partial charge in [-0.25, -0.2) is 9.97 Å². The fraction of sp³-hybridized carbons (Fsp3) is 0. The number of imidazole rings is 2. The van der Waals surface area contributed by atoms with E-state index < -0.39 is 0 Å². The van der Waals surface area contributed by atoms with Crippen LogP contribution >= 0.6 is 0 Å². The van der Waals surface area contributed by atoms with Crippen LogP contribution in [0, 0.1) is 0 Å². The van der Waals surface area contributed by atoms with Crippen LogP contribution in [-0.4, -0.2) is 18.9 Å². The van der Waals surface area contributed by atoms with E-state index in [9.17, 15) is 0 Å². The quantitative estimate of drug-likeness (QED) is 0.166. The third kappa shape index (κ3) is 4.62. The topological polar surface area (TPSA) is 35.1 Å². The van der Waals surface area contributed by atoms with Crippen molar-refractivity contribution in [3.8, 4) is 39.3 Å². The maximum absolute atomic E-state index is 5.11. The van der Waals surface area contributed by atoms with Crippen molar-refractivity contribution >= 4 is 61.3 Å². The lowest BCUT2D eigenvalue weighted by atomic mass is 9.96. The molecule has 4 heteroatoms. The molecule has 244 valence electrons. The zero-order valence-corrected chi connectivity index (χ0v) is 28.4. The Morgan fingerprint density at radius 2 is 1.08 bits per heavy atom. The number of fused-ring (bicyclic) bond motifs is 9. The Hall–Kier alpha value is -7.04. The van der Waals surface area contributed by atoms with E-state index >= 15 is 0 Å². The van der Waals surface area contributed by atoms with Gasteiger partial charge < -0.3 is 0 Å². The molecule has 0 N–H and O–H groups in total. The third-order valence-electron chi connectivity index (χ3n) is 10.2. The van der Waals surface area contributed by atoms with Gasteiger partial charge >= 0.3 is 0 Å². The van der Waals surface area contributed by atoms with Crippen LogP contribution in [0.3, 0.4) is 0 Å². The highest BCUT2D eigenvalue weighted by Gasteiger charge is 2.18. The Kier molecular flexibility index (Phi) is 6.76. The summed E-state index contributed by atoms with van der Waals surface area (Å²) in [7, 11) is 0. The molecule has 4 nitrogen and oxygen atoms in total. The first-order chi connectivity index (χ1) is 25.7. The van der Waals surface area contributed by atoms with Gasteiger partial charge in [-0.2, -0.15) is 0 Å². The number of aromatic nitrogens is 4. The molecule has 0 aliphatic rings. The second-order valence-corrected chi connectivity index (χ2v) is 13.2. The number of benzene rings is 7. The van der Waals surface area contributed by atoms with E-state index in [0.717, 1.165) is 55.9 Å². The van der Waals surface area contributed by atoms with Crippen LogP contribution in [0.15, 0.2) is 171 Å². The maximum atomic E-state index is 5.11. The third-order valence-corrected chi connectivity index (χ3v) is 10.2. The number of rotatable bonds is 6. The fourth-order valence-corrected chi connectivity index (χ4v) is 7.74. The Morgan fingerprint density at radius 3 is 1.83 bits per heavy atom. The van der Waals surface area contributed by atoms with Gasteiger partial charge in [-0.3, -0.25) is 8.97 Å². The molecule has 52 heavy (non-hydrogen) atoms. The van der Waals surface area contributed by atoms with Gasteiger partial charge in [0.1, 0.15) is 11.5 Å². The molecule has 0 radical (unpaired) electrons. The fourth-order valence-electron chi connectivity index (χ4n) is 7.74. The molecule has 0 saturated heterocycles. The largest absolute Gasteiger partial charge is 0.292 e. The van der Waals surface area contributed by atoms with Gasteiger partial charge in [-0.05, 0) is 99.1 Å². The minimum atomic E-state index is 0.813. The zero-order valence-electron chi connectivity index (χ0n) is 28.4. The molecular weight excluding hydrogens is 633 g/mol. The smallest absolute Gasteiger partial charge is 0.146 e. The number of hydrogen-bond donors (Lipinski definition) is 0. The van der Waals surface area contributed by atoms with Crippen LogP contribution in [0.2, 0.25) is 0 Å². The molecule has 0 saturated carbocycles. The standard InChI is InChI=1S/C48H32N4/c1-3-42-44(4-2)51(38-12-6-5-7-13-38)47(49-42)37-25-24-34-28-33(22-23-35(34)29-37)31-18-20-32(21-19-31)36-26-27-39-40-14-8-10-16-45(40)52-46-17-11-9-15-43(46)50-48(52)41(39)30-36/h3-30H,1-2H2. The molecule has 3 aromatic heterocycles. The van der Waals surface area contributed by atoms with Crippen molar-refractivity contribution in [1.82, 2.24) is 18.9 Å². The number of nitrogens with zero attached hydrogens (tertiary/aromatic N) is 4. The second kappa shape index (κ2) is 11.8. The van der Waals surface area contributed by atoms with Crippen molar-refractivity contribution in [2.45, 2.75) is 0 Å². The van der Waals surface area contributed by atoms with Gasteiger partial charge in [0.25, 0.3) is 0 Å². The minimum absolute atomic E-state index is 0.813. The SMILES string of the molecule is C=Cc1nc(-c2ccc3cc(-c4ccc(-c5ccc6c7ccccc7n7c8ccccc8nc7c6c5)cc4)ccc3c2)n(-c2ccccc2)c1C=C. The van der Waals surface area contributed by atoms with Crippen molar-refractivity contribution in [3.05, 3.63) is 182 Å². The van der Waals surface area contributed by atoms with E-state index in [1.54, 1.807) is 6.08 Å². The average Bonchev–Trinajstić information content (AvgIpc) is 3.80. The molecule has 3 heterocycles. The summed E-state index contributed by atoms with van der Waals surface area (Å²) in [5.41, 5.74) is 12.8. The van der Waals surface area contributed by atoms with E-state index in [4.69, 9.17) is 9.97 Å². The Labute approximate surface area is 300 Å². The highest BCUT2D eigenvalue weighted by atomic mass is 15.1. The number of hydrogen-bond acceptors (Lipinski definition) is 2. The van der Waals surface area contributed by atoms with Gasteiger partial charge in [0.2, 0.25) is 0 Å². The molecule has 10 rings (SSSR count). The first kappa shape index (κ1) is 29.8. The van der Waals surface area contributed by atoms with Gasteiger partial charge in [-0.1, -0.05) is 122 Å². The molecule has 0 fully saturated rings. The molecule has 0 bridgehead atoms. The summed E-state index contributed by atoms with van der Waals surface area (Å²) in [6.45, 7) is 8.08. The summed E-state index contributed by atoms with van der Waals surface area (Å²) in [5, 5.41) is 5.92. The number of para-hydroxylation sites is 4. The van der Waals surface area contributed by atoms with E-state index in [1.807, 2.05) is 24.3 Å². The normalized spacial score (nSPS) is 11.6. The van der Waals surface area contributed by atoms with Crippen LogP contribution < -0.4 is 0 Å². The molecule has 10 aromatic rings. The Balaban J connectivity index is 1.01. The van der Waals surface area contributed by atoms with E-state index in [2.05, 4.69) is 162 Å². The monoisotopic (exact) mass is 664 g/mol. The summed E-state index contributed by atoms with van der Waals surface area (Å²) >= 11 is 0. The lowest BCUT2D eigenvalue weighted by Gasteiger charge is -2.12. The summed E-state index contributed by atoms with van der Waals surface area (Å²) in [5.74, 6) is 0.862. The summed E-state index contributed by atoms with van der Waals surface area (Å²) in [6, 6.07) is 56.2. The van der Waals surface area contributed by atoms with Gasteiger partial charge in [-0.15, -0.1) is 0 Å². The summed E-state index contributed by atoms with van der Waals surface area (Å²) in [6.07, 6.45) is 3.64. The van der Waals surface area contributed by atoms with E-state index in [-0.39, 0.29) is 0 Å². The van der Waals surface area contributed by atoms with Crippen LogP contribution in [0.25, 0.3) is 101 Å². The van der Waals surface area contributed by atoms with Crippen molar-refractivity contribution in [1.29, 1.82) is 0 Å². The summed E-state index contributed by atoms with van der Waals surface area (Å²) in [4.78, 5) is 10.1. The first-order valence-electron chi connectivity index (χ1n) is 17.5. The Bertz CT molecular complexity index is 3040. The van der Waals surface area contributed by atoms with Crippen molar-refractivity contribution in [2.24, 2.45) is 0 Å². The van der Waals surface area contributed by atoms with Crippen molar-refractivity contribution < 1.29 is 0 Å². The lowest BCUT2D eigenvalue weighted by molar-refractivity contribution is 1.05. The highest BCUT2D eigenvalue weighted by Crippen LogP contribution is 2.36. The highest BCUT2D eigenvalue weighted by molar-refractivity contribution is 6.14. The molecule has 0 unspecified atom stereocenters. The maximum Gasteiger partial charge on any atom is 0.146 e. The van der Waals surface area contributed by atoms with Crippen LogP contribution in [0.4, 0.5) is 0 Å². The van der Waals surface area contributed by atoms with Crippen molar-refractivity contribution in [3.63, 3.8) is 0 Å². The van der Waals surface area contributed by atoms with Crippen LogP contribution in [-0.2, 0) is 0 Å². The van der Waals surface area contributed by atoms with Gasteiger partial charge in [0.15, 0.2) is 0 Å². The molecule has 0 amide bonds. The first-order valence-corrected chi connectivity index (χ1v) is 17.5. The summed E-state index contributed by atoms with van der Waals surface area (Å²) < 4.78 is 4.45. The molecule has 0 aliphatic carbocycles. The second-order valence-electron chi connectivity index (χ2n) is 13.2. The van der Waals surface area contributed by atoms with Crippen LogP contribution in [0.5, 0.6) is 0 Å². The molecule has 0 atom stereocenters. The molecule has 0 spiro atoms. The average molecular weight is 665 g/mol. The van der Waals surface area contributed by atoms with Gasteiger partial charge in [0, 0.05) is 22.0 Å². The Morgan fingerprint density at radius 1 is 0.462 bits per heavy atom. The van der Waals surface area contributed by atoms with Crippen molar-refractivity contribution in [2.75, 3.05) is 0 Å². The predicted molar refractivity (Wildman–Crippen MR) is 219 cm³/mol. The van der Waals surface area contributed by atoms with Crippen LogP contribution in [0.1, 0.15) is 11.4 Å². The van der Waals surface area contributed by atoms with Gasteiger partial charge in [0.05, 0.1) is 27.9 Å². The molecule has 0 aliphatic heterocycles. The molecule has 7 aromatic carbocycles. The zero-order chi connectivity index (χ0) is 34.8. The minimum Gasteiger partial charge on any atom is -0.292 e. The lowest BCUT2D eigenvalue weighted by Crippen LogP contribution is -1.99. The number of pyridine rings is 1. The molecular formula is C48H32N4. The van der Waals surface area contributed by atoms with E-state index in [1.165, 1.54) is 43.9 Å². The van der Waals surface area contributed by atoms with E-state index in [0.29, 0.717) is 0 Å². The predicted octanol–water partition coefficient (Wildman–Crippen LogP) is 12.4.